The zero-order valence-corrected chi connectivity index (χ0v) is 14.3. The standard InChI is InChI=1S/C19H20N4O3/c24-19(25)23-8-7-13-9-16(5-6-17(13)23)26-18-10-15(21-12-22-18)11-20-14-3-1-2-4-14/h5-10,12,14,20H,1-4,11H2,(H,24,25). The number of benzene rings is 1. The van der Waals surface area contributed by atoms with E-state index in [9.17, 15) is 4.79 Å². The summed E-state index contributed by atoms with van der Waals surface area (Å²) in [5, 5.41) is 13.5. The lowest BCUT2D eigenvalue weighted by Crippen LogP contribution is -2.25. The molecule has 1 fully saturated rings. The van der Waals surface area contributed by atoms with Gasteiger partial charge in [-0.05, 0) is 37.1 Å². The SMILES string of the molecule is O=C(O)n1ccc2cc(Oc3cc(CNC4CCCC4)ncn3)ccc21. The van der Waals surface area contributed by atoms with Crippen LogP contribution in [-0.2, 0) is 6.54 Å². The average molecular weight is 352 g/mol. The van der Waals surface area contributed by atoms with Crippen LogP contribution < -0.4 is 10.1 Å². The van der Waals surface area contributed by atoms with E-state index in [1.54, 1.807) is 24.3 Å². The first kappa shape index (κ1) is 16.5. The van der Waals surface area contributed by atoms with Crippen molar-refractivity contribution in [2.75, 3.05) is 0 Å². The molecule has 1 aromatic carbocycles. The van der Waals surface area contributed by atoms with Crippen molar-refractivity contribution in [3.8, 4) is 11.6 Å². The predicted molar refractivity (Wildman–Crippen MR) is 96.6 cm³/mol. The van der Waals surface area contributed by atoms with Gasteiger partial charge in [0.25, 0.3) is 0 Å². The van der Waals surface area contributed by atoms with Crippen LogP contribution in [0.3, 0.4) is 0 Å². The number of hydrogen-bond acceptors (Lipinski definition) is 5. The summed E-state index contributed by atoms with van der Waals surface area (Å²) in [5.74, 6) is 1.08. The summed E-state index contributed by atoms with van der Waals surface area (Å²) in [6.07, 6.45) is 7.05. The fourth-order valence-electron chi connectivity index (χ4n) is 3.38. The van der Waals surface area contributed by atoms with Gasteiger partial charge in [0, 0.05) is 30.2 Å². The fourth-order valence-corrected chi connectivity index (χ4v) is 3.38. The Labute approximate surface area is 150 Å². The monoisotopic (exact) mass is 352 g/mol. The number of hydrogen-bond donors (Lipinski definition) is 2. The molecule has 0 radical (unpaired) electrons. The summed E-state index contributed by atoms with van der Waals surface area (Å²) in [6.45, 7) is 0.698. The molecule has 2 aromatic heterocycles. The highest BCUT2D eigenvalue weighted by Crippen LogP contribution is 2.25. The van der Waals surface area contributed by atoms with Crippen LogP contribution in [0.2, 0.25) is 0 Å². The third-order valence-electron chi connectivity index (χ3n) is 4.72. The van der Waals surface area contributed by atoms with Crippen molar-refractivity contribution in [3.63, 3.8) is 0 Å². The minimum Gasteiger partial charge on any atom is -0.464 e. The molecule has 0 amide bonds. The molecule has 2 heterocycles. The highest BCUT2D eigenvalue weighted by molar-refractivity contribution is 5.89. The van der Waals surface area contributed by atoms with Crippen LogP contribution in [0.25, 0.3) is 10.9 Å². The number of nitrogens with zero attached hydrogens (tertiary/aromatic N) is 3. The van der Waals surface area contributed by atoms with Crippen molar-refractivity contribution in [2.24, 2.45) is 0 Å². The van der Waals surface area contributed by atoms with E-state index in [0.717, 1.165) is 11.1 Å². The average Bonchev–Trinajstić information content (AvgIpc) is 3.29. The maximum atomic E-state index is 11.2. The molecule has 2 N–H and O–H groups in total. The maximum Gasteiger partial charge on any atom is 0.415 e. The van der Waals surface area contributed by atoms with Gasteiger partial charge in [0.1, 0.15) is 12.1 Å². The van der Waals surface area contributed by atoms with Crippen LogP contribution in [0.1, 0.15) is 31.4 Å². The van der Waals surface area contributed by atoms with Crippen molar-refractivity contribution in [2.45, 2.75) is 38.3 Å². The van der Waals surface area contributed by atoms with Gasteiger partial charge in [0.15, 0.2) is 0 Å². The van der Waals surface area contributed by atoms with Crippen LogP contribution in [0.15, 0.2) is 42.9 Å². The fraction of sp³-hybridized carbons (Fsp3) is 0.316. The molecule has 7 heteroatoms. The zero-order chi connectivity index (χ0) is 17.9. The summed E-state index contributed by atoms with van der Waals surface area (Å²) in [4.78, 5) is 19.6. The van der Waals surface area contributed by atoms with Gasteiger partial charge in [-0.1, -0.05) is 12.8 Å². The van der Waals surface area contributed by atoms with Crippen LogP contribution in [-0.4, -0.2) is 31.8 Å². The quantitative estimate of drug-likeness (QED) is 0.726. The second kappa shape index (κ2) is 7.13. The minimum atomic E-state index is -1.01. The summed E-state index contributed by atoms with van der Waals surface area (Å²) in [7, 11) is 0. The molecule has 0 spiro atoms. The minimum absolute atomic E-state index is 0.472. The summed E-state index contributed by atoms with van der Waals surface area (Å²) in [6, 6.07) is 9.41. The highest BCUT2D eigenvalue weighted by Gasteiger charge is 2.14. The van der Waals surface area contributed by atoms with Gasteiger partial charge in [-0.2, -0.15) is 0 Å². The Morgan fingerprint density at radius 3 is 2.88 bits per heavy atom. The summed E-state index contributed by atoms with van der Waals surface area (Å²) in [5.41, 5.74) is 1.51. The second-order valence-corrected chi connectivity index (χ2v) is 6.50. The van der Waals surface area contributed by atoms with Gasteiger partial charge in [0.2, 0.25) is 5.88 Å². The Morgan fingerprint density at radius 2 is 2.08 bits per heavy atom. The Morgan fingerprint density at radius 1 is 1.23 bits per heavy atom. The van der Waals surface area contributed by atoms with E-state index >= 15 is 0 Å². The number of fused-ring (bicyclic) bond motifs is 1. The topological polar surface area (TPSA) is 89.3 Å². The van der Waals surface area contributed by atoms with Gasteiger partial charge in [0.05, 0.1) is 11.2 Å². The number of nitrogens with one attached hydrogen (secondary N) is 1. The van der Waals surface area contributed by atoms with E-state index in [4.69, 9.17) is 9.84 Å². The Balaban J connectivity index is 1.47. The lowest BCUT2D eigenvalue weighted by atomic mass is 10.2. The third kappa shape index (κ3) is 3.52. The normalized spacial score (nSPS) is 14.8. The molecule has 7 nitrogen and oxygen atoms in total. The molecule has 0 unspecified atom stereocenters. The lowest BCUT2D eigenvalue weighted by Gasteiger charge is -2.11. The molecule has 4 rings (SSSR count). The van der Waals surface area contributed by atoms with Crippen LogP contribution >= 0.6 is 0 Å². The largest absolute Gasteiger partial charge is 0.464 e. The maximum absolute atomic E-state index is 11.2. The first-order valence-corrected chi connectivity index (χ1v) is 8.75. The molecular weight excluding hydrogens is 332 g/mol. The number of carboxylic acid groups (broad SMARTS) is 1. The molecule has 134 valence electrons. The second-order valence-electron chi connectivity index (χ2n) is 6.50. The highest BCUT2D eigenvalue weighted by atomic mass is 16.5. The molecule has 1 aliphatic rings. The predicted octanol–water partition coefficient (Wildman–Crippen LogP) is 3.78. The number of carbonyl (C=O) groups is 1. The molecule has 0 bridgehead atoms. The Kier molecular flexibility index (Phi) is 4.53. The molecule has 1 saturated carbocycles. The van der Waals surface area contributed by atoms with Gasteiger partial charge in [-0.25, -0.2) is 14.8 Å². The van der Waals surface area contributed by atoms with E-state index in [1.165, 1.54) is 42.8 Å². The van der Waals surface area contributed by atoms with E-state index in [-0.39, 0.29) is 0 Å². The smallest absolute Gasteiger partial charge is 0.415 e. The van der Waals surface area contributed by atoms with Crippen LogP contribution in [0, 0.1) is 0 Å². The molecule has 3 aromatic rings. The first-order chi connectivity index (χ1) is 12.7. The number of ether oxygens (including phenoxy) is 1. The molecule has 0 atom stereocenters. The van der Waals surface area contributed by atoms with E-state index in [1.807, 2.05) is 6.07 Å². The third-order valence-corrected chi connectivity index (χ3v) is 4.72. The van der Waals surface area contributed by atoms with Gasteiger partial charge in [-0.3, -0.25) is 4.57 Å². The van der Waals surface area contributed by atoms with Crippen molar-refractivity contribution in [3.05, 3.63) is 48.5 Å². The van der Waals surface area contributed by atoms with Gasteiger partial charge >= 0.3 is 6.09 Å². The van der Waals surface area contributed by atoms with E-state index < -0.39 is 6.09 Å². The molecule has 1 aliphatic carbocycles. The zero-order valence-electron chi connectivity index (χ0n) is 14.3. The van der Waals surface area contributed by atoms with Crippen LogP contribution in [0.5, 0.6) is 11.6 Å². The van der Waals surface area contributed by atoms with Crippen LogP contribution in [0.4, 0.5) is 4.79 Å². The molecule has 0 saturated heterocycles. The van der Waals surface area contributed by atoms with E-state index in [2.05, 4.69) is 15.3 Å². The molecule has 26 heavy (non-hydrogen) atoms. The lowest BCUT2D eigenvalue weighted by molar-refractivity contribution is 0.197. The first-order valence-electron chi connectivity index (χ1n) is 8.75. The number of aromatic nitrogens is 3. The Hall–Kier alpha value is -2.93. The van der Waals surface area contributed by atoms with Crippen molar-refractivity contribution >= 4 is 17.0 Å². The molecular formula is C19H20N4O3. The summed E-state index contributed by atoms with van der Waals surface area (Å²) >= 11 is 0. The van der Waals surface area contributed by atoms with Gasteiger partial charge < -0.3 is 15.2 Å². The number of rotatable bonds is 5. The van der Waals surface area contributed by atoms with Crippen molar-refractivity contribution in [1.82, 2.24) is 19.9 Å². The Bertz CT molecular complexity index is 931. The van der Waals surface area contributed by atoms with Crippen molar-refractivity contribution in [1.29, 1.82) is 0 Å². The van der Waals surface area contributed by atoms with Gasteiger partial charge in [-0.15, -0.1) is 0 Å². The van der Waals surface area contributed by atoms with Crippen molar-refractivity contribution < 1.29 is 14.6 Å². The summed E-state index contributed by atoms with van der Waals surface area (Å²) < 4.78 is 7.01. The van der Waals surface area contributed by atoms with E-state index in [0.29, 0.717) is 29.7 Å². The molecule has 0 aliphatic heterocycles.